The number of carbonyl (C=O) groups is 2. The van der Waals surface area contributed by atoms with Crippen molar-refractivity contribution in [2.75, 3.05) is 19.6 Å². The third-order valence-electron chi connectivity index (χ3n) is 9.58. The normalized spacial score (nSPS) is 16.9. The van der Waals surface area contributed by atoms with Gasteiger partial charge in [0.25, 0.3) is 0 Å². The van der Waals surface area contributed by atoms with Crippen LogP contribution in [-0.2, 0) is 11.2 Å². The lowest BCUT2D eigenvalue weighted by Gasteiger charge is -2.25. The molecular weight excluding hydrogens is 577 g/mol. The minimum atomic E-state index is -0.342. The molecule has 7 heteroatoms. The average molecular weight is 627 g/mol. The van der Waals surface area contributed by atoms with Crippen LogP contribution in [-0.4, -0.2) is 45.8 Å². The zero-order valence-electron chi connectivity index (χ0n) is 27.7. The van der Waals surface area contributed by atoms with E-state index in [2.05, 4.69) is 103 Å². The number of benzene rings is 2. The van der Waals surface area contributed by atoms with E-state index in [0.29, 0.717) is 42.4 Å². The molecule has 5 rings (SSSR count). The molecule has 1 amide bonds. The molecule has 2 unspecified atom stereocenters. The third kappa shape index (κ3) is 8.11. The first-order valence-corrected chi connectivity index (χ1v) is 17.8. The number of likely N-dealkylation sites (tertiary alicyclic amines) is 1. The van der Waals surface area contributed by atoms with E-state index >= 15 is 0 Å². The molecule has 4 aromatic rings. The minimum Gasteiger partial charge on any atom is -0.356 e. The summed E-state index contributed by atoms with van der Waals surface area (Å²) in [4.78, 5) is 36.0. The number of amides is 1. The van der Waals surface area contributed by atoms with Crippen LogP contribution >= 0.6 is 11.3 Å². The van der Waals surface area contributed by atoms with Crippen molar-refractivity contribution in [1.29, 1.82) is 0 Å². The molecule has 3 heterocycles. The van der Waals surface area contributed by atoms with Crippen molar-refractivity contribution in [1.82, 2.24) is 19.8 Å². The van der Waals surface area contributed by atoms with Crippen LogP contribution in [0.4, 0.5) is 0 Å². The highest BCUT2D eigenvalue weighted by Crippen LogP contribution is 2.30. The molecule has 1 aliphatic rings. The van der Waals surface area contributed by atoms with Gasteiger partial charge in [-0.15, -0.1) is 11.3 Å². The number of imidazole rings is 1. The summed E-state index contributed by atoms with van der Waals surface area (Å²) in [5.74, 6) is 1.46. The SMILES string of the molecule is CCC(CC)n1c(Cc2cccs2)nc2cc(C(=O)C[C@@H](CC(C)C)C(=O)NCC3CCN(C(C)c4ccccc4)C3)ccc21. The van der Waals surface area contributed by atoms with Crippen molar-refractivity contribution >= 4 is 34.1 Å². The van der Waals surface area contributed by atoms with Crippen molar-refractivity contribution < 1.29 is 9.59 Å². The van der Waals surface area contributed by atoms with E-state index in [-0.39, 0.29) is 24.0 Å². The first-order valence-electron chi connectivity index (χ1n) is 16.9. The number of rotatable bonds is 15. The molecule has 1 fully saturated rings. The first-order chi connectivity index (χ1) is 21.8. The highest BCUT2D eigenvalue weighted by molar-refractivity contribution is 7.09. The standard InChI is InChI=1S/C38H50N4O2S/c1-6-32(7-2)42-35-16-15-30(21-34(35)40-37(42)23-33-14-11-19-45-33)36(43)22-31(20-26(3)4)38(44)39-24-28-17-18-41(25-28)27(5)29-12-9-8-10-13-29/h8-16,19,21,26-28,31-32H,6-7,17-18,20,22-25H2,1-5H3,(H,39,44)/t27?,28?,31-/m1/s1. The Bertz CT molecular complexity index is 1540. The summed E-state index contributed by atoms with van der Waals surface area (Å²) in [6.45, 7) is 13.6. The molecule has 6 nitrogen and oxygen atoms in total. The van der Waals surface area contributed by atoms with Gasteiger partial charge in [-0.25, -0.2) is 4.98 Å². The number of ketones is 1. The third-order valence-corrected chi connectivity index (χ3v) is 10.5. The topological polar surface area (TPSA) is 67.2 Å². The Labute approximate surface area is 273 Å². The van der Waals surface area contributed by atoms with Gasteiger partial charge in [-0.1, -0.05) is 64.1 Å². The highest BCUT2D eigenvalue weighted by Gasteiger charge is 2.29. The summed E-state index contributed by atoms with van der Waals surface area (Å²) in [5.41, 5.74) is 3.91. The second-order valence-corrected chi connectivity index (χ2v) is 14.3. The Balaban J connectivity index is 1.25. The van der Waals surface area contributed by atoms with Gasteiger partial charge < -0.3 is 9.88 Å². The maximum Gasteiger partial charge on any atom is 0.223 e. The van der Waals surface area contributed by atoms with Crippen LogP contribution in [0.2, 0.25) is 0 Å². The molecule has 240 valence electrons. The number of nitrogens with zero attached hydrogens (tertiary/aromatic N) is 3. The summed E-state index contributed by atoms with van der Waals surface area (Å²) in [7, 11) is 0. The summed E-state index contributed by atoms with van der Waals surface area (Å²) in [6, 6.07) is 21.5. The maximum atomic E-state index is 13.7. The summed E-state index contributed by atoms with van der Waals surface area (Å²) < 4.78 is 2.38. The fraction of sp³-hybridized carbons (Fsp3) is 0.500. The monoisotopic (exact) mass is 626 g/mol. The Morgan fingerprint density at radius 3 is 2.49 bits per heavy atom. The van der Waals surface area contributed by atoms with Gasteiger partial charge in [-0.3, -0.25) is 14.5 Å². The number of Topliss-reactive ketones (excluding diaryl/α,β-unsaturated/α-hetero) is 1. The van der Waals surface area contributed by atoms with Gasteiger partial charge in [0.1, 0.15) is 5.82 Å². The van der Waals surface area contributed by atoms with E-state index in [1.54, 1.807) is 11.3 Å². The van der Waals surface area contributed by atoms with Crippen LogP contribution in [0.5, 0.6) is 0 Å². The lowest BCUT2D eigenvalue weighted by molar-refractivity contribution is -0.125. The van der Waals surface area contributed by atoms with Crippen LogP contribution in [0.1, 0.15) is 105 Å². The lowest BCUT2D eigenvalue weighted by atomic mass is 9.89. The summed E-state index contributed by atoms with van der Waals surface area (Å²) >= 11 is 1.75. The molecule has 0 spiro atoms. The molecular formula is C38H50N4O2S. The van der Waals surface area contributed by atoms with E-state index in [1.807, 2.05) is 12.1 Å². The van der Waals surface area contributed by atoms with Crippen LogP contribution in [0, 0.1) is 17.8 Å². The van der Waals surface area contributed by atoms with Crippen molar-refractivity contribution in [3.8, 4) is 0 Å². The van der Waals surface area contributed by atoms with Crippen LogP contribution < -0.4 is 5.32 Å². The quantitative estimate of drug-likeness (QED) is 0.134. The van der Waals surface area contributed by atoms with Gasteiger partial charge in [0.15, 0.2) is 5.78 Å². The fourth-order valence-electron chi connectivity index (χ4n) is 6.98. The number of aromatic nitrogens is 2. The fourth-order valence-corrected chi connectivity index (χ4v) is 7.68. The predicted molar refractivity (Wildman–Crippen MR) is 186 cm³/mol. The lowest BCUT2D eigenvalue weighted by Crippen LogP contribution is -2.37. The molecule has 0 bridgehead atoms. The second kappa shape index (κ2) is 15.3. The molecule has 3 atom stereocenters. The molecule has 2 aromatic carbocycles. The molecule has 1 aliphatic heterocycles. The number of fused-ring (bicyclic) bond motifs is 1. The van der Waals surface area contributed by atoms with E-state index in [4.69, 9.17) is 4.98 Å². The molecule has 0 saturated carbocycles. The largest absolute Gasteiger partial charge is 0.356 e. The Kier molecular flexibility index (Phi) is 11.3. The number of hydrogen-bond donors (Lipinski definition) is 1. The van der Waals surface area contributed by atoms with Crippen LogP contribution in [0.15, 0.2) is 66.0 Å². The maximum absolute atomic E-state index is 13.7. The number of carbonyl (C=O) groups excluding carboxylic acids is 2. The van der Waals surface area contributed by atoms with Gasteiger partial charge in [0.2, 0.25) is 5.91 Å². The van der Waals surface area contributed by atoms with Crippen molar-refractivity contribution in [2.45, 2.75) is 85.2 Å². The van der Waals surface area contributed by atoms with E-state index in [9.17, 15) is 9.59 Å². The van der Waals surface area contributed by atoms with Crippen LogP contribution in [0.3, 0.4) is 0 Å². The summed E-state index contributed by atoms with van der Waals surface area (Å²) in [6.07, 6.45) is 4.81. The second-order valence-electron chi connectivity index (χ2n) is 13.3. The average Bonchev–Trinajstić information content (AvgIpc) is 3.81. The van der Waals surface area contributed by atoms with E-state index < -0.39 is 0 Å². The predicted octanol–water partition coefficient (Wildman–Crippen LogP) is 8.48. The molecule has 45 heavy (non-hydrogen) atoms. The zero-order valence-corrected chi connectivity index (χ0v) is 28.5. The molecule has 1 saturated heterocycles. The number of thiophene rings is 1. The van der Waals surface area contributed by atoms with Gasteiger partial charge >= 0.3 is 0 Å². The highest BCUT2D eigenvalue weighted by atomic mass is 32.1. The van der Waals surface area contributed by atoms with Crippen LogP contribution in [0.25, 0.3) is 11.0 Å². The van der Waals surface area contributed by atoms with Crippen molar-refractivity contribution in [3.63, 3.8) is 0 Å². The van der Waals surface area contributed by atoms with E-state index in [0.717, 1.165) is 55.6 Å². The van der Waals surface area contributed by atoms with Gasteiger partial charge in [0, 0.05) is 54.4 Å². The van der Waals surface area contributed by atoms with Gasteiger partial charge in [-0.05, 0) is 86.2 Å². The first kappa shape index (κ1) is 33.1. The molecule has 0 radical (unpaired) electrons. The minimum absolute atomic E-state index is 0.00364. The van der Waals surface area contributed by atoms with E-state index in [1.165, 1.54) is 10.4 Å². The van der Waals surface area contributed by atoms with Crippen molar-refractivity contribution in [2.24, 2.45) is 17.8 Å². The molecule has 2 aromatic heterocycles. The smallest absolute Gasteiger partial charge is 0.223 e. The zero-order chi connectivity index (χ0) is 31.9. The Morgan fingerprint density at radius 2 is 1.80 bits per heavy atom. The Morgan fingerprint density at radius 1 is 1.02 bits per heavy atom. The Hall–Kier alpha value is -3.29. The molecule has 1 N–H and O–H groups in total. The van der Waals surface area contributed by atoms with Gasteiger partial charge in [-0.2, -0.15) is 0 Å². The van der Waals surface area contributed by atoms with Gasteiger partial charge in [0.05, 0.1) is 11.0 Å². The van der Waals surface area contributed by atoms with Crippen molar-refractivity contribution in [3.05, 3.63) is 87.9 Å². The number of hydrogen-bond acceptors (Lipinski definition) is 5. The summed E-state index contributed by atoms with van der Waals surface area (Å²) in [5, 5.41) is 5.35. The number of nitrogens with one attached hydrogen (secondary N) is 1. The molecule has 0 aliphatic carbocycles.